The van der Waals surface area contributed by atoms with Gasteiger partial charge in [-0.25, -0.2) is 0 Å². The van der Waals surface area contributed by atoms with Crippen molar-refractivity contribution in [2.75, 3.05) is 46.4 Å². The summed E-state index contributed by atoms with van der Waals surface area (Å²) in [6.07, 6.45) is 0. The fourth-order valence-electron chi connectivity index (χ4n) is 4.77. The minimum Gasteiger partial charge on any atom is -0.497 e. The van der Waals surface area contributed by atoms with Crippen molar-refractivity contribution in [3.05, 3.63) is 94.3 Å². The van der Waals surface area contributed by atoms with E-state index in [0.29, 0.717) is 34.6 Å². The van der Waals surface area contributed by atoms with Crippen molar-refractivity contribution in [2.45, 2.75) is 13.5 Å². The van der Waals surface area contributed by atoms with E-state index < -0.39 is 0 Å². The number of aryl methyl sites for hydroxylation is 1. The molecule has 5 rings (SSSR count). The van der Waals surface area contributed by atoms with Crippen LogP contribution in [0.3, 0.4) is 0 Å². The molecule has 1 aromatic heterocycles. The normalized spacial score (nSPS) is 14.7. The van der Waals surface area contributed by atoms with Gasteiger partial charge < -0.3 is 13.9 Å². The van der Waals surface area contributed by atoms with Gasteiger partial charge in [-0.15, -0.1) is 0 Å². The van der Waals surface area contributed by atoms with E-state index in [-0.39, 0.29) is 5.43 Å². The van der Waals surface area contributed by atoms with E-state index in [1.165, 1.54) is 5.56 Å². The van der Waals surface area contributed by atoms with E-state index in [0.717, 1.165) is 50.6 Å². The number of nitrogens with zero attached hydrogens (tertiary/aromatic N) is 2. The average Bonchev–Trinajstić information content (AvgIpc) is 2.90. The second-order valence-corrected chi connectivity index (χ2v) is 9.20. The first-order valence-electron chi connectivity index (χ1n) is 12.4. The van der Waals surface area contributed by atoms with Crippen LogP contribution in [0.1, 0.15) is 11.3 Å². The largest absolute Gasteiger partial charge is 0.497 e. The molecule has 0 radical (unpaired) electrons. The molecular formula is C30H32N2O4. The van der Waals surface area contributed by atoms with Crippen molar-refractivity contribution in [1.82, 2.24) is 9.80 Å². The van der Waals surface area contributed by atoms with Gasteiger partial charge in [0.2, 0.25) is 5.43 Å². The average molecular weight is 485 g/mol. The van der Waals surface area contributed by atoms with Crippen molar-refractivity contribution in [3.63, 3.8) is 0 Å². The molecule has 1 fully saturated rings. The van der Waals surface area contributed by atoms with Gasteiger partial charge in [-0.1, -0.05) is 42.5 Å². The van der Waals surface area contributed by atoms with E-state index in [9.17, 15) is 4.79 Å². The molecule has 2 heterocycles. The van der Waals surface area contributed by atoms with Crippen LogP contribution in [0.5, 0.6) is 11.5 Å². The van der Waals surface area contributed by atoms with Crippen LogP contribution in [-0.4, -0.2) is 56.2 Å². The number of fused-ring (bicyclic) bond motifs is 1. The number of ether oxygens (including phenoxy) is 2. The standard InChI is InChI=1S/C30H32N2O4/c1-22-29(24-8-10-25(34-2)11-9-24)30(33)27-13-12-26(20-28(27)36-22)35-19-18-31-14-16-32(17-15-31)21-23-6-4-3-5-7-23/h3-13,20H,14-19,21H2,1-2H3. The summed E-state index contributed by atoms with van der Waals surface area (Å²) in [4.78, 5) is 18.2. The van der Waals surface area contributed by atoms with E-state index in [1.807, 2.05) is 43.3 Å². The Kier molecular flexibility index (Phi) is 7.35. The van der Waals surface area contributed by atoms with Crippen molar-refractivity contribution in [3.8, 4) is 22.6 Å². The Labute approximate surface area is 211 Å². The molecule has 0 aliphatic carbocycles. The van der Waals surface area contributed by atoms with Crippen LogP contribution < -0.4 is 14.9 Å². The first kappa shape index (κ1) is 24.1. The molecule has 1 saturated heterocycles. The molecule has 3 aromatic carbocycles. The Bertz CT molecular complexity index is 1360. The van der Waals surface area contributed by atoms with Crippen LogP contribution in [0.4, 0.5) is 0 Å². The maximum atomic E-state index is 13.2. The van der Waals surface area contributed by atoms with Crippen LogP contribution in [0.25, 0.3) is 22.1 Å². The van der Waals surface area contributed by atoms with Crippen molar-refractivity contribution in [1.29, 1.82) is 0 Å². The fourth-order valence-corrected chi connectivity index (χ4v) is 4.77. The zero-order valence-corrected chi connectivity index (χ0v) is 20.9. The summed E-state index contributed by atoms with van der Waals surface area (Å²) in [6.45, 7) is 8.50. The highest BCUT2D eigenvalue weighted by Crippen LogP contribution is 2.27. The van der Waals surface area contributed by atoms with E-state index in [1.54, 1.807) is 13.2 Å². The Morgan fingerprint density at radius 2 is 1.56 bits per heavy atom. The first-order valence-corrected chi connectivity index (χ1v) is 12.4. The Morgan fingerprint density at radius 3 is 2.28 bits per heavy atom. The molecule has 0 N–H and O–H groups in total. The van der Waals surface area contributed by atoms with Gasteiger partial charge in [0.15, 0.2) is 0 Å². The van der Waals surface area contributed by atoms with Crippen LogP contribution in [-0.2, 0) is 6.54 Å². The van der Waals surface area contributed by atoms with Crippen LogP contribution in [0, 0.1) is 6.92 Å². The quantitative estimate of drug-likeness (QED) is 0.352. The molecule has 6 heteroatoms. The predicted octanol–water partition coefficient (Wildman–Crippen LogP) is 4.97. The van der Waals surface area contributed by atoms with Gasteiger partial charge in [0.05, 0.1) is 18.1 Å². The third-order valence-corrected chi connectivity index (χ3v) is 6.81. The first-order chi connectivity index (χ1) is 17.6. The molecule has 1 aliphatic rings. The van der Waals surface area contributed by atoms with Crippen molar-refractivity contribution in [2.24, 2.45) is 0 Å². The smallest absolute Gasteiger partial charge is 0.200 e. The number of hydrogen-bond acceptors (Lipinski definition) is 6. The lowest BCUT2D eigenvalue weighted by Crippen LogP contribution is -2.47. The molecule has 6 nitrogen and oxygen atoms in total. The molecule has 36 heavy (non-hydrogen) atoms. The van der Waals surface area contributed by atoms with Gasteiger partial charge in [0.25, 0.3) is 0 Å². The summed E-state index contributed by atoms with van der Waals surface area (Å²) >= 11 is 0. The molecule has 0 unspecified atom stereocenters. The van der Waals surface area contributed by atoms with E-state index >= 15 is 0 Å². The molecule has 186 valence electrons. The second kappa shape index (κ2) is 11.0. The zero-order chi connectivity index (χ0) is 24.9. The molecule has 0 saturated carbocycles. The van der Waals surface area contributed by atoms with Crippen LogP contribution in [0.15, 0.2) is 82.0 Å². The van der Waals surface area contributed by atoms with E-state index in [4.69, 9.17) is 13.9 Å². The van der Waals surface area contributed by atoms with Gasteiger partial charge in [0, 0.05) is 45.3 Å². The molecular weight excluding hydrogens is 452 g/mol. The number of benzene rings is 3. The highest BCUT2D eigenvalue weighted by atomic mass is 16.5. The summed E-state index contributed by atoms with van der Waals surface area (Å²) in [7, 11) is 1.62. The van der Waals surface area contributed by atoms with Gasteiger partial charge in [-0.05, 0) is 42.3 Å². The van der Waals surface area contributed by atoms with Gasteiger partial charge in [0.1, 0.15) is 29.4 Å². The van der Waals surface area contributed by atoms with Crippen molar-refractivity contribution >= 4 is 11.0 Å². The molecule has 0 spiro atoms. The second-order valence-electron chi connectivity index (χ2n) is 9.20. The Balaban J connectivity index is 1.18. The number of rotatable bonds is 8. The summed E-state index contributed by atoms with van der Waals surface area (Å²) in [5, 5.41) is 0.549. The molecule has 1 aliphatic heterocycles. The number of methoxy groups -OCH3 is 1. The van der Waals surface area contributed by atoms with Crippen molar-refractivity contribution < 1.29 is 13.9 Å². The molecule has 0 amide bonds. The Hall–Kier alpha value is -3.61. The monoisotopic (exact) mass is 484 g/mol. The lowest BCUT2D eigenvalue weighted by atomic mass is 10.0. The number of piperazine rings is 1. The lowest BCUT2D eigenvalue weighted by molar-refractivity contribution is 0.112. The summed E-state index contributed by atoms with van der Waals surface area (Å²) in [5.74, 6) is 2.05. The Morgan fingerprint density at radius 1 is 0.861 bits per heavy atom. The highest BCUT2D eigenvalue weighted by molar-refractivity contribution is 5.83. The molecule has 0 bridgehead atoms. The fraction of sp³-hybridized carbons (Fsp3) is 0.300. The maximum Gasteiger partial charge on any atom is 0.200 e. The van der Waals surface area contributed by atoms with E-state index in [2.05, 4.69) is 40.1 Å². The predicted molar refractivity (Wildman–Crippen MR) is 143 cm³/mol. The SMILES string of the molecule is COc1ccc(-c2c(C)oc3cc(OCCN4CCN(Cc5ccccc5)CC4)ccc3c2=O)cc1. The van der Waals surface area contributed by atoms with Gasteiger partial charge in [-0.2, -0.15) is 0 Å². The van der Waals surface area contributed by atoms with Gasteiger partial charge in [-0.3, -0.25) is 14.6 Å². The van der Waals surface area contributed by atoms with Crippen LogP contribution >= 0.6 is 0 Å². The lowest BCUT2D eigenvalue weighted by Gasteiger charge is -2.34. The summed E-state index contributed by atoms with van der Waals surface area (Å²) in [5.41, 5.74) is 3.25. The topological polar surface area (TPSA) is 55.2 Å². The summed E-state index contributed by atoms with van der Waals surface area (Å²) in [6, 6.07) is 23.5. The zero-order valence-electron chi connectivity index (χ0n) is 20.9. The highest BCUT2D eigenvalue weighted by Gasteiger charge is 2.17. The van der Waals surface area contributed by atoms with Crippen LogP contribution in [0.2, 0.25) is 0 Å². The minimum absolute atomic E-state index is 0.0427. The third kappa shape index (κ3) is 5.45. The molecule has 0 atom stereocenters. The minimum atomic E-state index is -0.0427. The maximum absolute atomic E-state index is 13.2. The summed E-state index contributed by atoms with van der Waals surface area (Å²) < 4.78 is 17.3. The number of hydrogen-bond donors (Lipinski definition) is 0. The van der Waals surface area contributed by atoms with Gasteiger partial charge >= 0.3 is 0 Å². The molecule has 4 aromatic rings. The third-order valence-electron chi connectivity index (χ3n) is 6.81.